The predicted octanol–water partition coefficient (Wildman–Crippen LogP) is 3.62. The van der Waals surface area contributed by atoms with E-state index in [2.05, 4.69) is 37.6 Å². The summed E-state index contributed by atoms with van der Waals surface area (Å²) in [5.41, 5.74) is 0.381. The Morgan fingerprint density at radius 3 is 2.43 bits per heavy atom. The van der Waals surface area contributed by atoms with Crippen LogP contribution in [0.1, 0.15) is 16.3 Å². The molecule has 28 heavy (non-hydrogen) atoms. The van der Waals surface area contributed by atoms with Gasteiger partial charge in [0.2, 0.25) is 0 Å². The van der Waals surface area contributed by atoms with Crippen LogP contribution < -0.4 is 10.6 Å². The molecule has 1 aromatic carbocycles. The Labute approximate surface area is 184 Å². The van der Waals surface area contributed by atoms with Gasteiger partial charge in [0.15, 0.2) is 11.7 Å². The molecule has 1 unspecified atom stereocenters. The SMILES string of the molecule is CN=C(NCc1nc(C(F)(F)F)cs1)NCC(Cc1ccccc1)N(C)C.I. The van der Waals surface area contributed by atoms with Gasteiger partial charge in [-0.25, -0.2) is 4.98 Å². The van der Waals surface area contributed by atoms with Crippen molar-refractivity contribution in [1.82, 2.24) is 20.5 Å². The molecule has 0 amide bonds. The largest absolute Gasteiger partial charge is 0.434 e. The molecule has 0 radical (unpaired) electrons. The van der Waals surface area contributed by atoms with E-state index in [0.29, 0.717) is 17.5 Å². The first-order valence-corrected chi connectivity index (χ1v) is 9.34. The van der Waals surface area contributed by atoms with Gasteiger partial charge in [0.05, 0.1) is 6.54 Å². The van der Waals surface area contributed by atoms with Gasteiger partial charge in [-0.3, -0.25) is 4.99 Å². The van der Waals surface area contributed by atoms with E-state index in [1.165, 1.54) is 5.56 Å². The van der Waals surface area contributed by atoms with E-state index in [1.807, 2.05) is 32.3 Å². The maximum Gasteiger partial charge on any atom is 0.434 e. The van der Waals surface area contributed by atoms with E-state index < -0.39 is 11.9 Å². The van der Waals surface area contributed by atoms with Crippen LogP contribution in [0.15, 0.2) is 40.7 Å². The van der Waals surface area contributed by atoms with Crippen molar-refractivity contribution in [2.75, 3.05) is 27.7 Å². The zero-order valence-electron chi connectivity index (χ0n) is 16.0. The van der Waals surface area contributed by atoms with Crippen LogP contribution in [-0.2, 0) is 19.1 Å². The number of guanidine groups is 1. The zero-order chi connectivity index (χ0) is 19.9. The Morgan fingerprint density at radius 2 is 1.89 bits per heavy atom. The fourth-order valence-corrected chi connectivity index (χ4v) is 3.18. The molecule has 0 fully saturated rings. The first-order chi connectivity index (χ1) is 12.8. The van der Waals surface area contributed by atoms with E-state index in [-0.39, 0.29) is 36.6 Å². The molecule has 0 aliphatic heterocycles. The summed E-state index contributed by atoms with van der Waals surface area (Å²) in [6, 6.07) is 10.4. The van der Waals surface area contributed by atoms with E-state index in [1.54, 1.807) is 7.05 Å². The summed E-state index contributed by atoms with van der Waals surface area (Å²) < 4.78 is 37.8. The molecule has 156 valence electrons. The Morgan fingerprint density at radius 1 is 1.21 bits per heavy atom. The van der Waals surface area contributed by atoms with E-state index in [9.17, 15) is 13.2 Å². The van der Waals surface area contributed by atoms with Gasteiger partial charge in [-0.15, -0.1) is 35.3 Å². The van der Waals surface area contributed by atoms with Crippen molar-refractivity contribution >= 4 is 41.3 Å². The van der Waals surface area contributed by atoms with Crippen LogP contribution in [0.3, 0.4) is 0 Å². The molecule has 1 heterocycles. The Kier molecular flexibility index (Phi) is 10.2. The average Bonchev–Trinajstić information content (AvgIpc) is 3.11. The molecule has 5 nitrogen and oxygen atoms in total. The highest BCUT2D eigenvalue weighted by Gasteiger charge is 2.33. The number of hydrogen-bond acceptors (Lipinski definition) is 4. The van der Waals surface area contributed by atoms with Gasteiger partial charge in [-0.05, 0) is 26.1 Å². The third kappa shape index (κ3) is 7.92. The number of nitrogens with one attached hydrogen (secondary N) is 2. The quantitative estimate of drug-likeness (QED) is 0.328. The van der Waals surface area contributed by atoms with Crippen LogP contribution in [0.5, 0.6) is 0 Å². The van der Waals surface area contributed by atoms with Crippen LogP contribution >= 0.6 is 35.3 Å². The summed E-state index contributed by atoms with van der Waals surface area (Å²) in [5.74, 6) is 0.527. The van der Waals surface area contributed by atoms with Gasteiger partial charge in [0.25, 0.3) is 0 Å². The number of aromatic nitrogens is 1. The van der Waals surface area contributed by atoms with E-state index in [0.717, 1.165) is 23.1 Å². The van der Waals surface area contributed by atoms with Gasteiger partial charge in [-0.1, -0.05) is 30.3 Å². The molecular formula is C18H25F3IN5S. The maximum absolute atomic E-state index is 12.6. The molecular weight excluding hydrogens is 502 g/mol. The van der Waals surface area contributed by atoms with E-state index >= 15 is 0 Å². The van der Waals surface area contributed by atoms with Crippen molar-refractivity contribution in [3.05, 3.63) is 52.0 Å². The summed E-state index contributed by atoms with van der Waals surface area (Å²) in [4.78, 5) is 9.86. The second-order valence-corrected chi connectivity index (χ2v) is 7.18. The van der Waals surface area contributed by atoms with Gasteiger partial charge in [-0.2, -0.15) is 13.2 Å². The normalized spacial score (nSPS) is 13.2. The summed E-state index contributed by atoms with van der Waals surface area (Å²) in [7, 11) is 5.65. The van der Waals surface area contributed by atoms with Crippen molar-refractivity contribution in [2.24, 2.45) is 4.99 Å². The van der Waals surface area contributed by atoms with Crippen molar-refractivity contribution < 1.29 is 13.2 Å². The molecule has 2 N–H and O–H groups in total. The van der Waals surface area contributed by atoms with Crippen molar-refractivity contribution in [1.29, 1.82) is 0 Å². The maximum atomic E-state index is 12.6. The minimum absolute atomic E-state index is 0. The average molecular weight is 527 g/mol. The fraction of sp³-hybridized carbons (Fsp3) is 0.444. The minimum Gasteiger partial charge on any atom is -0.355 e. The minimum atomic E-state index is -4.41. The van der Waals surface area contributed by atoms with Crippen LogP contribution in [0, 0.1) is 0 Å². The fourth-order valence-electron chi connectivity index (χ4n) is 2.44. The van der Waals surface area contributed by atoms with Crippen LogP contribution in [0.25, 0.3) is 0 Å². The number of halogens is 4. The molecule has 0 bridgehead atoms. The van der Waals surface area contributed by atoms with E-state index in [4.69, 9.17) is 0 Å². The summed E-state index contributed by atoms with van der Waals surface area (Å²) in [6.07, 6.45) is -3.54. The lowest BCUT2D eigenvalue weighted by Gasteiger charge is -2.25. The first kappa shape index (κ1) is 24.6. The van der Waals surface area contributed by atoms with Crippen molar-refractivity contribution in [3.8, 4) is 0 Å². The lowest BCUT2D eigenvalue weighted by Crippen LogP contribution is -2.45. The number of rotatable bonds is 7. The van der Waals surface area contributed by atoms with Crippen LogP contribution in [0.2, 0.25) is 0 Å². The van der Waals surface area contributed by atoms with Crippen LogP contribution in [-0.4, -0.2) is 49.6 Å². The summed E-state index contributed by atoms with van der Waals surface area (Å²) >= 11 is 0.975. The monoisotopic (exact) mass is 527 g/mol. The molecule has 10 heteroatoms. The number of nitrogens with zero attached hydrogens (tertiary/aromatic N) is 3. The number of alkyl halides is 3. The number of benzene rings is 1. The number of aliphatic imine (C=N–C) groups is 1. The second-order valence-electron chi connectivity index (χ2n) is 6.24. The number of likely N-dealkylation sites (N-methyl/N-ethyl adjacent to an activating group) is 1. The zero-order valence-corrected chi connectivity index (χ0v) is 19.1. The Balaban J connectivity index is 0.00000392. The van der Waals surface area contributed by atoms with Crippen LogP contribution in [0.4, 0.5) is 13.2 Å². The molecule has 2 aromatic rings. The highest BCUT2D eigenvalue weighted by atomic mass is 127. The molecule has 0 aliphatic rings. The molecule has 0 aliphatic carbocycles. The summed E-state index contributed by atoms with van der Waals surface area (Å²) in [5, 5.41) is 7.62. The summed E-state index contributed by atoms with van der Waals surface area (Å²) in [6.45, 7) is 0.832. The second kappa shape index (κ2) is 11.6. The highest BCUT2D eigenvalue weighted by molar-refractivity contribution is 14.0. The highest BCUT2D eigenvalue weighted by Crippen LogP contribution is 2.29. The van der Waals surface area contributed by atoms with Crippen molar-refractivity contribution in [2.45, 2.75) is 25.2 Å². The molecule has 0 saturated heterocycles. The van der Waals surface area contributed by atoms with Gasteiger partial charge in [0.1, 0.15) is 5.01 Å². The smallest absolute Gasteiger partial charge is 0.355 e. The molecule has 2 rings (SSSR count). The third-order valence-electron chi connectivity index (χ3n) is 4.02. The van der Waals surface area contributed by atoms with Gasteiger partial charge < -0.3 is 15.5 Å². The van der Waals surface area contributed by atoms with Gasteiger partial charge in [0, 0.05) is 25.0 Å². The lowest BCUT2D eigenvalue weighted by atomic mass is 10.1. The molecule has 1 atom stereocenters. The Bertz CT molecular complexity index is 734. The molecule has 0 saturated carbocycles. The topological polar surface area (TPSA) is 52.6 Å². The molecule has 0 spiro atoms. The first-order valence-electron chi connectivity index (χ1n) is 8.46. The lowest BCUT2D eigenvalue weighted by molar-refractivity contribution is -0.140. The van der Waals surface area contributed by atoms with Crippen molar-refractivity contribution in [3.63, 3.8) is 0 Å². The Hall–Kier alpha value is -1.40. The standard InChI is InChI=1S/C18H24F3N5S.HI/c1-22-17(24-11-16-25-15(12-27-16)18(19,20)21)23-10-14(26(2)3)9-13-7-5-4-6-8-13;/h4-8,12,14H,9-11H2,1-3H3,(H2,22,23,24);1H. The number of hydrogen-bond donors (Lipinski definition) is 2. The third-order valence-corrected chi connectivity index (χ3v) is 4.87. The number of thiazole rings is 1. The predicted molar refractivity (Wildman–Crippen MR) is 118 cm³/mol. The molecule has 1 aromatic heterocycles. The van der Waals surface area contributed by atoms with Gasteiger partial charge >= 0.3 is 6.18 Å².